The zero-order valence-electron chi connectivity index (χ0n) is 12.1. The summed E-state index contributed by atoms with van der Waals surface area (Å²) < 4.78 is 5.28. The van der Waals surface area contributed by atoms with Crippen LogP contribution in [-0.2, 0) is 0 Å². The second-order valence-corrected chi connectivity index (χ2v) is 4.73. The largest absolute Gasteiger partial charge is 0.497 e. The highest BCUT2D eigenvalue weighted by atomic mass is 16.5. The Morgan fingerprint density at radius 1 is 1.39 bits per heavy atom. The van der Waals surface area contributed by atoms with Gasteiger partial charge < -0.3 is 15.0 Å². The highest BCUT2D eigenvalue weighted by Gasteiger charge is 2.12. The Balaban J connectivity index is 2.64. The van der Waals surface area contributed by atoms with Crippen molar-refractivity contribution in [3.05, 3.63) is 29.8 Å². The van der Waals surface area contributed by atoms with Gasteiger partial charge in [-0.25, -0.2) is 0 Å². The van der Waals surface area contributed by atoms with Gasteiger partial charge >= 0.3 is 0 Å². The molecule has 0 aliphatic rings. The lowest BCUT2D eigenvalue weighted by molar-refractivity contribution is 0.292. The van der Waals surface area contributed by atoms with E-state index in [4.69, 9.17) is 4.74 Å². The minimum absolute atomic E-state index is 0.349. The Morgan fingerprint density at radius 3 is 2.78 bits per heavy atom. The van der Waals surface area contributed by atoms with E-state index in [1.165, 1.54) is 18.4 Å². The molecular formula is C15H26N2O. The lowest BCUT2D eigenvalue weighted by atomic mass is 10.1. The number of benzene rings is 1. The van der Waals surface area contributed by atoms with Gasteiger partial charge in [0, 0.05) is 12.6 Å². The van der Waals surface area contributed by atoms with Crippen LogP contribution in [0.2, 0.25) is 0 Å². The minimum Gasteiger partial charge on any atom is -0.497 e. The molecule has 1 atom stereocenters. The topological polar surface area (TPSA) is 24.5 Å². The maximum absolute atomic E-state index is 5.28. The Hall–Kier alpha value is -1.06. The van der Waals surface area contributed by atoms with Crippen LogP contribution in [0.5, 0.6) is 5.75 Å². The van der Waals surface area contributed by atoms with E-state index >= 15 is 0 Å². The molecule has 0 heterocycles. The van der Waals surface area contributed by atoms with E-state index in [0.29, 0.717) is 6.04 Å². The summed E-state index contributed by atoms with van der Waals surface area (Å²) in [5.41, 5.74) is 1.28. The molecular weight excluding hydrogens is 224 g/mol. The number of rotatable bonds is 8. The number of nitrogens with zero attached hydrogens (tertiary/aromatic N) is 1. The summed E-state index contributed by atoms with van der Waals surface area (Å²) >= 11 is 0. The molecule has 102 valence electrons. The second kappa shape index (κ2) is 8.11. The van der Waals surface area contributed by atoms with E-state index in [2.05, 4.69) is 36.3 Å². The third kappa shape index (κ3) is 4.67. The highest BCUT2D eigenvalue weighted by molar-refractivity contribution is 5.30. The molecule has 3 heteroatoms. The molecule has 0 saturated heterocycles. The maximum atomic E-state index is 5.28. The summed E-state index contributed by atoms with van der Waals surface area (Å²) in [6.07, 6.45) is 2.50. The predicted octanol–water partition coefficient (Wildman–Crippen LogP) is 2.69. The number of hydrogen-bond donors (Lipinski definition) is 1. The lowest BCUT2D eigenvalue weighted by Crippen LogP contribution is -2.31. The maximum Gasteiger partial charge on any atom is 0.119 e. The van der Waals surface area contributed by atoms with Gasteiger partial charge in [0.2, 0.25) is 0 Å². The normalized spacial score (nSPS) is 12.7. The minimum atomic E-state index is 0.349. The molecule has 0 radical (unpaired) electrons. The zero-order chi connectivity index (χ0) is 13.4. The van der Waals surface area contributed by atoms with E-state index in [-0.39, 0.29) is 0 Å². The molecule has 1 aromatic rings. The fraction of sp³-hybridized carbons (Fsp3) is 0.600. The quantitative estimate of drug-likeness (QED) is 0.767. The average Bonchev–Trinajstić information content (AvgIpc) is 2.42. The Morgan fingerprint density at radius 2 is 2.17 bits per heavy atom. The summed E-state index contributed by atoms with van der Waals surface area (Å²) in [5, 5.41) is 3.38. The summed E-state index contributed by atoms with van der Waals surface area (Å²) in [7, 11) is 5.90. The number of methoxy groups -OCH3 is 1. The van der Waals surface area contributed by atoms with Crippen molar-refractivity contribution < 1.29 is 4.74 Å². The van der Waals surface area contributed by atoms with Crippen molar-refractivity contribution >= 4 is 0 Å². The highest BCUT2D eigenvalue weighted by Crippen LogP contribution is 2.19. The van der Waals surface area contributed by atoms with Gasteiger partial charge in [0.25, 0.3) is 0 Å². The molecule has 3 nitrogen and oxygen atoms in total. The third-order valence-corrected chi connectivity index (χ3v) is 3.23. The standard InChI is InChI=1S/C15H26N2O/c1-5-6-10-17(3)12-15(16-2)13-8-7-9-14(11-13)18-4/h7-9,11,15-16H,5-6,10,12H2,1-4H3. The Kier molecular flexibility index (Phi) is 6.76. The van der Waals surface area contributed by atoms with Crippen molar-refractivity contribution in [3.8, 4) is 5.75 Å². The van der Waals surface area contributed by atoms with E-state index in [9.17, 15) is 0 Å². The first-order chi connectivity index (χ1) is 8.71. The molecule has 0 spiro atoms. The van der Waals surface area contributed by atoms with Crippen LogP contribution in [0.25, 0.3) is 0 Å². The van der Waals surface area contributed by atoms with E-state index < -0.39 is 0 Å². The van der Waals surface area contributed by atoms with Gasteiger partial charge in [-0.2, -0.15) is 0 Å². The molecule has 1 rings (SSSR count). The van der Waals surface area contributed by atoms with Crippen LogP contribution in [0.3, 0.4) is 0 Å². The van der Waals surface area contributed by atoms with Crippen LogP contribution >= 0.6 is 0 Å². The molecule has 0 aliphatic heterocycles. The second-order valence-electron chi connectivity index (χ2n) is 4.73. The van der Waals surface area contributed by atoms with E-state index in [0.717, 1.165) is 18.8 Å². The monoisotopic (exact) mass is 250 g/mol. The predicted molar refractivity (Wildman–Crippen MR) is 77.2 cm³/mol. The van der Waals surface area contributed by atoms with Crippen molar-refractivity contribution in [3.63, 3.8) is 0 Å². The zero-order valence-corrected chi connectivity index (χ0v) is 12.1. The van der Waals surface area contributed by atoms with Gasteiger partial charge in [-0.1, -0.05) is 25.5 Å². The summed E-state index contributed by atoms with van der Waals surface area (Å²) in [4.78, 5) is 2.38. The van der Waals surface area contributed by atoms with Crippen LogP contribution < -0.4 is 10.1 Å². The van der Waals surface area contributed by atoms with Crippen molar-refractivity contribution in [2.24, 2.45) is 0 Å². The first-order valence-corrected chi connectivity index (χ1v) is 6.71. The van der Waals surface area contributed by atoms with Crippen LogP contribution in [-0.4, -0.2) is 39.2 Å². The summed E-state index contributed by atoms with van der Waals surface area (Å²) in [5.74, 6) is 0.920. The number of ether oxygens (including phenoxy) is 1. The Labute approximate surface area is 111 Å². The molecule has 0 bridgehead atoms. The molecule has 1 unspecified atom stereocenters. The number of hydrogen-bond acceptors (Lipinski definition) is 3. The third-order valence-electron chi connectivity index (χ3n) is 3.23. The summed E-state index contributed by atoms with van der Waals surface area (Å²) in [6.45, 7) is 4.40. The van der Waals surface area contributed by atoms with Crippen LogP contribution in [0.4, 0.5) is 0 Å². The van der Waals surface area contributed by atoms with Crippen molar-refractivity contribution in [2.45, 2.75) is 25.8 Å². The van der Waals surface area contributed by atoms with Crippen molar-refractivity contribution in [1.82, 2.24) is 10.2 Å². The van der Waals surface area contributed by atoms with Gasteiger partial charge in [-0.3, -0.25) is 0 Å². The molecule has 0 aliphatic carbocycles. The molecule has 0 aromatic heterocycles. The van der Waals surface area contributed by atoms with Crippen LogP contribution in [0.1, 0.15) is 31.4 Å². The lowest BCUT2D eigenvalue weighted by Gasteiger charge is -2.24. The fourth-order valence-corrected chi connectivity index (χ4v) is 2.05. The SMILES string of the molecule is CCCCN(C)CC(NC)c1cccc(OC)c1. The smallest absolute Gasteiger partial charge is 0.119 e. The molecule has 18 heavy (non-hydrogen) atoms. The van der Waals surface area contributed by atoms with Gasteiger partial charge in [0.05, 0.1) is 7.11 Å². The first-order valence-electron chi connectivity index (χ1n) is 6.71. The van der Waals surface area contributed by atoms with Gasteiger partial charge in [0.15, 0.2) is 0 Å². The van der Waals surface area contributed by atoms with Crippen molar-refractivity contribution in [2.75, 3.05) is 34.3 Å². The molecule has 0 saturated carbocycles. The van der Waals surface area contributed by atoms with E-state index in [1.54, 1.807) is 7.11 Å². The first kappa shape index (κ1) is 15.0. The number of nitrogens with one attached hydrogen (secondary N) is 1. The van der Waals surface area contributed by atoms with Gasteiger partial charge in [-0.15, -0.1) is 0 Å². The van der Waals surface area contributed by atoms with Crippen molar-refractivity contribution in [1.29, 1.82) is 0 Å². The molecule has 1 N–H and O–H groups in total. The Bertz CT molecular complexity index is 341. The fourth-order valence-electron chi connectivity index (χ4n) is 2.05. The van der Waals surface area contributed by atoms with Gasteiger partial charge in [-0.05, 0) is 44.8 Å². The number of unbranched alkanes of at least 4 members (excludes halogenated alkanes) is 1. The van der Waals surface area contributed by atoms with Crippen LogP contribution in [0.15, 0.2) is 24.3 Å². The van der Waals surface area contributed by atoms with Crippen LogP contribution in [0, 0.1) is 0 Å². The van der Waals surface area contributed by atoms with Gasteiger partial charge in [0.1, 0.15) is 5.75 Å². The van der Waals surface area contributed by atoms with E-state index in [1.807, 2.05) is 19.2 Å². The molecule has 0 fully saturated rings. The summed E-state index contributed by atoms with van der Waals surface area (Å²) in [6, 6.07) is 8.63. The molecule has 0 amide bonds. The number of likely N-dealkylation sites (N-methyl/N-ethyl adjacent to an activating group) is 2. The molecule has 1 aromatic carbocycles. The average molecular weight is 250 g/mol.